The van der Waals surface area contributed by atoms with Gasteiger partial charge in [0.15, 0.2) is 0 Å². The van der Waals surface area contributed by atoms with Gasteiger partial charge in [0.05, 0.1) is 0 Å². The third-order valence-electron chi connectivity index (χ3n) is 4.70. The van der Waals surface area contributed by atoms with Crippen LogP contribution in [-0.4, -0.2) is 49.8 Å². The number of nitrogens with one attached hydrogen (secondary N) is 1. The predicted molar refractivity (Wildman–Crippen MR) is 75.9 cm³/mol. The van der Waals surface area contributed by atoms with Crippen LogP contribution in [0.3, 0.4) is 0 Å². The van der Waals surface area contributed by atoms with Gasteiger partial charge in [-0.25, -0.2) is 0 Å². The lowest BCUT2D eigenvalue weighted by Gasteiger charge is -2.45. The van der Waals surface area contributed by atoms with Crippen molar-refractivity contribution in [3.8, 4) is 0 Å². The second kappa shape index (κ2) is 6.36. The Kier molecular flexibility index (Phi) is 5.05. The van der Waals surface area contributed by atoms with Crippen molar-refractivity contribution in [2.45, 2.75) is 58.5 Å². The number of rotatable bonds is 4. The third-order valence-corrected chi connectivity index (χ3v) is 4.70. The SMILES string of the molecule is CCCC1CN(CC2(C)CCOCC2)C(C)CN1. The van der Waals surface area contributed by atoms with Crippen molar-refractivity contribution in [2.24, 2.45) is 5.41 Å². The van der Waals surface area contributed by atoms with E-state index in [-0.39, 0.29) is 0 Å². The van der Waals surface area contributed by atoms with Gasteiger partial charge in [-0.1, -0.05) is 20.3 Å². The summed E-state index contributed by atoms with van der Waals surface area (Å²) >= 11 is 0. The number of hydrogen-bond acceptors (Lipinski definition) is 3. The van der Waals surface area contributed by atoms with Crippen LogP contribution >= 0.6 is 0 Å². The van der Waals surface area contributed by atoms with E-state index in [1.807, 2.05) is 0 Å². The van der Waals surface area contributed by atoms with Crippen molar-refractivity contribution < 1.29 is 4.74 Å². The highest BCUT2D eigenvalue weighted by molar-refractivity contribution is 4.89. The number of piperazine rings is 1. The Morgan fingerprint density at radius 3 is 2.72 bits per heavy atom. The fourth-order valence-electron chi connectivity index (χ4n) is 3.27. The van der Waals surface area contributed by atoms with E-state index in [9.17, 15) is 0 Å². The fraction of sp³-hybridized carbons (Fsp3) is 1.00. The molecule has 2 aliphatic rings. The van der Waals surface area contributed by atoms with Crippen molar-refractivity contribution in [3.05, 3.63) is 0 Å². The first-order valence-corrected chi connectivity index (χ1v) is 7.68. The molecule has 3 heteroatoms. The van der Waals surface area contributed by atoms with Crippen molar-refractivity contribution in [2.75, 3.05) is 32.8 Å². The molecule has 106 valence electrons. The lowest BCUT2D eigenvalue weighted by molar-refractivity contribution is -0.00883. The zero-order chi connectivity index (χ0) is 13.0. The van der Waals surface area contributed by atoms with Crippen LogP contribution in [0, 0.1) is 5.41 Å². The maximum atomic E-state index is 5.51. The molecule has 0 aromatic rings. The molecule has 0 saturated carbocycles. The van der Waals surface area contributed by atoms with E-state index in [2.05, 4.69) is 31.0 Å². The Balaban J connectivity index is 1.89. The molecule has 2 rings (SSSR count). The second-order valence-corrected chi connectivity index (χ2v) is 6.60. The molecule has 0 aliphatic carbocycles. The third kappa shape index (κ3) is 3.69. The minimum Gasteiger partial charge on any atom is -0.381 e. The number of hydrogen-bond donors (Lipinski definition) is 1. The van der Waals surface area contributed by atoms with Crippen LogP contribution in [0.1, 0.15) is 46.5 Å². The molecule has 0 aromatic heterocycles. The Morgan fingerprint density at radius 1 is 1.33 bits per heavy atom. The first-order valence-electron chi connectivity index (χ1n) is 7.68. The number of ether oxygens (including phenoxy) is 1. The van der Waals surface area contributed by atoms with E-state index in [1.54, 1.807) is 0 Å². The van der Waals surface area contributed by atoms with Gasteiger partial charge < -0.3 is 10.1 Å². The molecule has 2 atom stereocenters. The summed E-state index contributed by atoms with van der Waals surface area (Å²) in [4.78, 5) is 2.71. The first kappa shape index (κ1) is 14.3. The highest BCUT2D eigenvalue weighted by Gasteiger charge is 2.33. The summed E-state index contributed by atoms with van der Waals surface area (Å²) in [5, 5.41) is 3.68. The molecule has 0 bridgehead atoms. The molecule has 3 nitrogen and oxygen atoms in total. The summed E-state index contributed by atoms with van der Waals surface area (Å²) in [6, 6.07) is 1.38. The molecular formula is C15H30N2O. The predicted octanol–water partition coefficient (Wildman–Crippen LogP) is 2.27. The van der Waals surface area contributed by atoms with Gasteiger partial charge in [0.25, 0.3) is 0 Å². The van der Waals surface area contributed by atoms with E-state index in [4.69, 9.17) is 4.74 Å². The van der Waals surface area contributed by atoms with Crippen LogP contribution in [-0.2, 0) is 4.74 Å². The van der Waals surface area contributed by atoms with Crippen molar-refractivity contribution >= 4 is 0 Å². The van der Waals surface area contributed by atoms with Gasteiger partial charge >= 0.3 is 0 Å². The van der Waals surface area contributed by atoms with E-state index in [0.29, 0.717) is 17.5 Å². The Morgan fingerprint density at radius 2 is 2.06 bits per heavy atom. The van der Waals surface area contributed by atoms with Crippen LogP contribution in [0.4, 0.5) is 0 Å². The molecule has 2 heterocycles. The van der Waals surface area contributed by atoms with Gasteiger partial charge in [0.1, 0.15) is 0 Å². The zero-order valence-electron chi connectivity index (χ0n) is 12.4. The first-order chi connectivity index (χ1) is 8.63. The van der Waals surface area contributed by atoms with Crippen molar-refractivity contribution in [1.29, 1.82) is 0 Å². The van der Waals surface area contributed by atoms with Gasteiger partial charge in [-0.15, -0.1) is 0 Å². The molecule has 0 aromatic carbocycles. The second-order valence-electron chi connectivity index (χ2n) is 6.60. The van der Waals surface area contributed by atoms with Crippen LogP contribution in [0.25, 0.3) is 0 Å². The van der Waals surface area contributed by atoms with Gasteiger partial charge in [-0.2, -0.15) is 0 Å². The van der Waals surface area contributed by atoms with Crippen LogP contribution in [0.5, 0.6) is 0 Å². The molecule has 0 amide bonds. The average Bonchev–Trinajstić information content (AvgIpc) is 2.34. The Labute approximate surface area is 112 Å². The van der Waals surface area contributed by atoms with E-state index < -0.39 is 0 Å². The Bertz CT molecular complexity index is 251. The van der Waals surface area contributed by atoms with Gasteiger partial charge in [0.2, 0.25) is 0 Å². The van der Waals surface area contributed by atoms with E-state index in [1.165, 1.54) is 38.8 Å². The van der Waals surface area contributed by atoms with E-state index >= 15 is 0 Å². The molecule has 1 N–H and O–H groups in total. The molecule has 0 spiro atoms. The topological polar surface area (TPSA) is 24.5 Å². The Hall–Kier alpha value is -0.120. The van der Waals surface area contributed by atoms with E-state index in [0.717, 1.165) is 19.8 Å². The standard InChI is InChI=1S/C15H30N2O/c1-4-5-14-11-17(13(2)10-16-14)12-15(3)6-8-18-9-7-15/h13-14,16H,4-12H2,1-3H3. The van der Waals surface area contributed by atoms with Gasteiger partial charge in [0, 0.05) is 44.9 Å². The molecule has 0 radical (unpaired) electrons. The van der Waals surface area contributed by atoms with Crippen LogP contribution < -0.4 is 5.32 Å². The summed E-state index contributed by atoms with van der Waals surface area (Å²) in [5.41, 5.74) is 0.473. The highest BCUT2D eigenvalue weighted by Crippen LogP contribution is 2.31. The maximum Gasteiger partial charge on any atom is 0.0471 e. The molecule has 2 aliphatic heterocycles. The summed E-state index contributed by atoms with van der Waals surface area (Å²) in [6.07, 6.45) is 5.04. The van der Waals surface area contributed by atoms with Crippen molar-refractivity contribution in [1.82, 2.24) is 10.2 Å². The zero-order valence-corrected chi connectivity index (χ0v) is 12.4. The molecular weight excluding hydrogens is 224 g/mol. The number of nitrogens with zero attached hydrogens (tertiary/aromatic N) is 1. The molecule has 2 unspecified atom stereocenters. The minimum absolute atomic E-state index is 0.473. The summed E-state index contributed by atoms with van der Waals surface area (Å²) in [6.45, 7) is 12.6. The molecule has 2 saturated heterocycles. The summed E-state index contributed by atoms with van der Waals surface area (Å²) < 4.78 is 5.51. The smallest absolute Gasteiger partial charge is 0.0471 e. The average molecular weight is 254 g/mol. The summed E-state index contributed by atoms with van der Waals surface area (Å²) in [5.74, 6) is 0. The van der Waals surface area contributed by atoms with Crippen molar-refractivity contribution in [3.63, 3.8) is 0 Å². The lowest BCUT2D eigenvalue weighted by Crippen LogP contribution is -2.57. The van der Waals surface area contributed by atoms with Crippen LogP contribution in [0.2, 0.25) is 0 Å². The minimum atomic E-state index is 0.473. The maximum absolute atomic E-state index is 5.51. The van der Waals surface area contributed by atoms with Gasteiger partial charge in [-0.05, 0) is 31.6 Å². The monoisotopic (exact) mass is 254 g/mol. The molecule has 18 heavy (non-hydrogen) atoms. The van der Waals surface area contributed by atoms with Gasteiger partial charge in [-0.3, -0.25) is 4.90 Å². The largest absolute Gasteiger partial charge is 0.381 e. The summed E-state index contributed by atoms with van der Waals surface area (Å²) in [7, 11) is 0. The highest BCUT2D eigenvalue weighted by atomic mass is 16.5. The fourth-order valence-corrected chi connectivity index (χ4v) is 3.27. The lowest BCUT2D eigenvalue weighted by atomic mass is 9.81. The van der Waals surface area contributed by atoms with Crippen LogP contribution in [0.15, 0.2) is 0 Å². The molecule has 2 fully saturated rings. The quantitative estimate of drug-likeness (QED) is 0.833. The normalized spacial score (nSPS) is 33.5.